The summed E-state index contributed by atoms with van der Waals surface area (Å²) in [6.07, 6.45) is 3.69. The molecule has 0 radical (unpaired) electrons. The smallest absolute Gasteiger partial charge is 0.247 e. The number of benzene rings is 2. The molecule has 1 aromatic heterocycles. The van der Waals surface area contributed by atoms with Crippen LogP contribution >= 0.6 is 0 Å². The van der Waals surface area contributed by atoms with Crippen LogP contribution < -0.4 is 10.2 Å². The first-order chi connectivity index (χ1) is 15.9. The number of amides is 2. The highest BCUT2D eigenvalue weighted by Crippen LogP contribution is 2.21. The maximum absolute atomic E-state index is 13.4. The highest BCUT2D eigenvalue weighted by molar-refractivity contribution is 5.94. The average molecular weight is 449 g/mol. The highest BCUT2D eigenvalue weighted by Gasteiger charge is 2.21. The molecule has 0 aliphatic carbocycles. The van der Waals surface area contributed by atoms with E-state index >= 15 is 0 Å². The van der Waals surface area contributed by atoms with E-state index in [1.165, 1.54) is 0 Å². The van der Waals surface area contributed by atoms with Crippen LogP contribution in [0.5, 0.6) is 0 Å². The number of carbonyl (C=O) groups is 2. The van der Waals surface area contributed by atoms with E-state index in [2.05, 4.69) is 9.88 Å². The molecule has 3 rings (SSSR count). The van der Waals surface area contributed by atoms with E-state index in [9.17, 15) is 9.59 Å². The molecule has 0 saturated carbocycles. The van der Waals surface area contributed by atoms with E-state index in [1.807, 2.05) is 87.2 Å². The van der Waals surface area contributed by atoms with Crippen LogP contribution in [0.3, 0.4) is 0 Å². The summed E-state index contributed by atoms with van der Waals surface area (Å²) in [6.45, 7) is 8.84. The number of hydrogen-bond acceptors (Lipinski definition) is 3. The fourth-order valence-electron chi connectivity index (χ4n) is 4.02. The molecule has 6 nitrogen and oxygen atoms in total. The van der Waals surface area contributed by atoms with Crippen molar-refractivity contribution in [3.05, 3.63) is 60.4 Å². The first-order valence-corrected chi connectivity index (χ1v) is 12.0. The van der Waals surface area contributed by atoms with Gasteiger partial charge >= 0.3 is 0 Å². The molecule has 0 atom stereocenters. The summed E-state index contributed by atoms with van der Waals surface area (Å²) >= 11 is 0. The van der Waals surface area contributed by atoms with Gasteiger partial charge in [-0.05, 0) is 51.0 Å². The molecule has 0 unspecified atom stereocenters. The van der Waals surface area contributed by atoms with Crippen LogP contribution in [0.2, 0.25) is 0 Å². The van der Waals surface area contributed by atoms with Crippen molar-refractivity contribution in [1.29, 1.82) is 0 Å². The van der Waals surface area contributed by atoms with Crippen LogP contribution in [0.25, 0.3) is 11.0 Å². The number of fused-ring (bicyclic) bond motifs is 1. The lowest BCUT2D eigenvalue weighted by atomic mass is 10.1. The second-order valence-electron chi connectivity index (χ2n) is 9.05. The number of aromatic nitrogens is 2. The third-order valence-corrected chi connectivity index (χ3v) is 5.75. The molecule has 0 aliphatic heterocycles. The number of para-hydroxylation sites is 3. The summed E-state index contributed by atoms with van der Waals surface area (Å²) in [5.41, 5.74) is 2.81. The molecule has 0 aliphatic rings. The van der Waals surface area contributed by atoms with Gasteiger partial charge in [0, 0.05) is 30.6 Å². The predicted molar refractivity (Wildman–Crippen MR) is 134 cm³/mol. The summed E-state index contributed by atoms with van der Waals surface area (Å²) in [7, 11) is 0. The van der Waals surface area contributed by atoms with Crippen LogP contribution in [0, 0.1) is 5.92 Å². The van der Waals surface area contributed by atoms with Crippen LogP contribution in [-0.4, -0.2) is 34.0 Å². The minimum absolute atomic E-state index is 0.0173. The van der Waals surface area contributed by atoms with Crippen molar-refractivity contribution in [3.63, 3.8) is 0 Å². The number of rotatable bonds is 11. The molecule has 176 valence electrons. The third-order valence-electron chi connectivity index (χ3n) is 5.75. The first-order valence-electron chi connectivity index (χ1n) is 12.0. The number of imidazole rings is 1. The Morgan fingerprint density at radius 3 is 2.33 bits per heavy atom. The van der Waals surface area contributed by atoms with Crippen molar-refractivity contribution in [2.45, 2.75) is 66.0 Å². The minimum atomic E-state index is 0.0173. The van der Waals surface area contributed by atoms with Gasteiger partial charge in [0.05, 0.1) is 11.0 Å². The zero-order valence-corrected chi connectivity index (χ0v) is 20.3. The lowest BCUT2D eigenvalue weighted by molar-refractivity contribution is -0.124. The van der Waals surface area contributed by atoms with E-state index in [4.69, 9.17) is 4.98 Å². The minimum Gasteiger partial charge on any atom is -0.356 e. The van der Waals surface area contributed by atoms with E-state index in [1.54, 1.807) is 0 Å². The average Bonchev–Trinajstić information content (AvgIpc) is 3.13. The van der Waals surface area contributed by atoms with Gasteiger partial charge in [-0.15, -0.1) is 0 Å². The maximum Gasteiger partial charge on any atom is 0.247 e. The Bertz CT molecular complexity index is 1060. The number of nitrogens with zero attached hydrogens (tertiary/aromatic N) is 3. The normalized spacial score (nSPS) is 11.3. The zero-order valence-electron chi connectivity index (χ0n) is 20.3. The molecule has 6 heteroatoms. The fraction of sp³-hybridized carbons (Fsp3) is 0.444. The van der Waals surface area contributed by atoms with Crippen molar-refractivity contribution < 1.29 is 9.59 Å². The van der Waals surface area contributed by atoms with Gasteiger partial charge in [-0.1, -0.05) is 50.6 Å². The number of anilines is 1. The Balaban J connectivity index is 1.70. The Morgan fingerprint density at radius 1 is 0.939 bits per heavy atom. The second-order valence-corrected chi connectivity index (χ2v) is 9.05. The van der Waals surface area contributed by atoms with Crippen LogP contribution in [0.15, 0.2) is 54.6 Å². The molecule has 0 spiro atoms. The molecule has 0 bridgehead atoms. The van der Waals surface area contributed by atoms with Gasteiger partial charge in [-0.25, -0.2) is 4.98 Å². The molecule has 3 aromatic rings. The van der Waals surface area contributed by atoms with Crippen molar-refractivity contribution in [2.24, 2.45) is 5.92 Å². The molecule has 2 amide bonds. The van der Waals surface area contributed by atoms with Crippen LogP contribution in [0.4, 0.5) is 5.69 Å². The van der Waals surface area contributed by atoms with Gasteiger partial charge in [-0.2, -0.15) is 0 Å². The Kier molecular flexibility index (Phi) is 8.64. The topological polar surface area (TPSA) is 67.2 Å². The Morgan fingerprint density at radius 2 is 1.64 bits per heavy atom. The lowest BCUT2D eigenvalue weighted by Gasteiger charge is -2.27. The number of hydrogen-bond donors (Lipinski definition) is 1. The van der Waals surface area contributed by atoms with E-state index in [0.717, 1.165) is 48.2 Å². The summed E-state index contributed by atoms with van der Waals surface area (Å²) in [5, 5.41) is 2.97. The maximum atomic E-state index is 13.4. The summed E-state index contributed by atoms with van der Waals surface area (Å²) in [5.74, 6) is 1.11. The molecule has 33 heavy (non-hydrogen) atoms. The number of carbonyl (C=O) groups excluding carboxylic acids is 2. The molecule has 1 N–H and O–H groups in total. The number of unbranched alkanes of at least 4 members (excludes halogenated alkanes) is 2. The molecule has 0 fully saturated rings. The quantitative estimate of drug-likeness (QED) is 0.422. The van der Waals surface area contributed by atoms with Crippen molar-refractivity contribution in [3.8, 4) is 0 Å². The van der Waals surface area contributed by atoms with Gasteiger partial charge in [0.1, 0.15) is 12.4 Å². The summed E-state index contributed by atoms with van der Waals surface area (Å²) < 4.78 is 2.07. The standard InChI is InChI=1S/C27H36N4O2/c1-20(2)27(33)28-18-12-6-9-17-25-29-23-15-10-11-16-24(23)30(25)19-26(32)31(21(3)4)22-13-7-5-8-14-22/h5,7-8,10-11,13-16,20-21H,6,9,12,17-19H2,1-4H3,(H,28,33). The monoisotopic (exact) mass is 448 g/mol. The first kappa shape index (κ1) is 24.5. The molecular weight excluding hydrogens is 412 g/mol. The van der Waals surface area contributed by atoms with E-state index in [-0.39, 0.29) is 30.3 Å². The number of aryl methyl sites for hydroxylation is 1. The van der Waals surface area contributed by atoms with Gasteiger partial charge < -0.3 is 14.8 Å². The molecule has 2 aromatic carbocycles. The van der Waals surface area contributed by atoms with Gasteiger partial charge in [0.2, 0.25) is 11.8 Å². The van der Waals surface area contributed by atoms with E-state index < -0.39 is 0 Å². The fourth-order valence-corrected chi connectivity index (χ4v) is 4.02. The second kappa shape index (κ2) is 11.6. The van der Waals surface area contributed by atoms with Crippen LogP contribution in [-0.2, 0) is 22.6 Å². The molecular formula is C27H36N4O2. The van der Waals surface area contributed by atoms with Crippen molar-refractivity contribution >= 4 is 28.5 Å². The third kappa shape index (κ3) is 6.44. The zero-order chi connectivity index (χ0) is 23.8. The Hall–Kier alpha value is -3.15. The van der Waals surface area contributed by atoms with Gasteiger partial charge in [0.15, 0.2) is 0 Å². The molecule has 1 heterocycles. The van der Waals surface area contributed by atoms with Crippen molar-refractivity contribution in [1.82, 2.24) is 14.9 Å². The molecule has 0 saturated heterocycles. The highest BCUT2D eigenvalue weighted by atomic mass is 16.2. The predicted octanol–water partition coefficient (Wildman–Crippen LogP) is 4.96. The van der Waals surface area contributed by atoms with E-state index in [0.29, 0.717) is 6.54 Å². The SMILES string of the molecule is CC(C)C(=O)NCCCCCc1nc2ccccc2n1CC(=O)N(c1ccccc1)C(C)C. The summed E-state index contributed by atoms with van der Waals surface area (Å²) in [4.78, 5) is 31.8. The van der Waals surface area contributed by atoms with Gasteiger partial charge in [-0.3, -0.25) is 9.59 Å². The number of nitrogens with one attached hydrogen (secondary N) is 1. The van der Waals surface area contributed by atoms with Crippen molar-refractivity contribution in [2.75, 3.05) is 11.4 Å². The Labute approximate surface area is 197 Å². The summed E-state index contributed by atoms with van der Waals surface area (Å²) in [6, 6.07) is 17.9. The van der Waals surface area contributed by atoms with Gasteiger partial charge in [0.25, 0.3) is 0 Å². The van der Waals surface area contributed by atoms with Crippen LogP contribution in [0.1, 0.15) is 52.8 Å². The largest absolute Gasteiger partial charge is 0.356 e. The lowest BCUT2D eigenvalue weighted by Crippen LogP contribution is -2.39.